The van der Waals surface area contributed by atoms with E-state index in [0.717, 1.165) is 24.2 Å². The zero-order chi connectivity index (χ0) is 19.6. The molecule has 1 aromatic carbocycles. The van der Waals surface area contributed by atoms with E-state index in [9.17, 15) is 18.8 Å². The summed E-state index contributed by atoms with van der Waals surface area (Å²) in [7, 11) is 1.36. The lowest BCUT2D eigenvalue weighted by atomic mass is 9.73. The van der Waals surface area contributed by atoms with Gasteiger partial charge in [-0.1, -0.05) is 25.8 Å². The van der Waals surface area contributed by atoms with Crippen molar-refractivity contribution in [1.29, 1.82) is 0 Å². The largest absolute Gasteiger partial charge is 0.494 e. The van der Waals surface area contributed by atoms with Crippen LogP contribution in [0.1, 0.15) is 38.2 Å². The zero-order valence-corrected chi connectivity index (χ0v) is 15.4. The molecule has 2 atom stereocenters. The van der Waals surface area contributed by atoms with Gasteiger partial charge >= 0.3 is 12.0 Å². The maximum Gasteiger partial charge on any atom is 0.326 e. The number of nitrogens with one attached hydrogen (secondary N) is 1. The maximum atomic E-state index is 13.7. The third-order valence-corrected chi connectivity index (χ3v) is 5.40. The summed E-state index contributed by atoms with van der Waals surface area (Å²) in [6, 6.07) is 3.64. The van der Waals surface area contributed by atoms with E-state index in [-0.39, 0.29) is 24.2 Å². The topological polar surface area (TPSA) is 84.9 Å². The highest BCUT2D eigenvalue weighted by molar-refractivity contribution is 6.08. The Morgan fingerprint density at radius 2 is 2.15 bits per heavy atom. The number of nitrogens with zero attached hydrogens (tertiary/aromatic N) is 1. The number of carbonyl (C=O) groups is 3. The Balaban J connectivity index is 1.60. The number of ether oxygens (including phenoxy) is 2. The minimum absolute atomic E-state index is 0.0194. The SMILES string of the molecule is COc1ccc(COC(=O)CN2C(=O)N[C@]3(CCCC[C@H]3C)C2=O)cc1F. The number of halogens is 1. The molecule has 1 saturated carbocycles. The lowest BCUT2D eigenvalue weighted by Gasteiger charge is -2.36. The van der Waals surface area contributed by atoms with E-state index in [2.05, 4.69) is 5.32 Å². The average molecular weight is 378 g/mol. The number of hydrogen-bond acceptors (Lipinski definition) is 5. The van der Waals surface area contributed by atoms with Gasteiger partial charge in [-0.2, -0.15) is 0 Å². The fourth-order valence-corrected chi connectivity index (χ4v) is 3.78. The molecule has 0 unspecified atom stereocenters. The molecule has 8 heteroatoms. The molecule has 146 valence electrons. The Morgan fingerprint density at radius 3 is 2.81 bits per heavy atom. The minimum atomic E-state index is -0.908. The Bertz CT molecular complexity index is 768. The fourth-order valence-electron chi connectivity index (χ4n) is 3.78. The van der Waals surface area contributed by atoms with Crippen LogP contribution in [0, 0.1) is 11.7 Å². The number of amides is 3. The van der Waals surface area contributed by atoms with E-state index in [1.54, 1.807) is 6.07 Å². The van der Waals surface area contributed by atoms with Gasteiger partial charge in [-0.05, 0) is 36.5 Å². The first-order valence-corrected chi connectivity index (χ1v) is 8.99. The summed E-state index contributed by atoms with van der Waals surface area (Å²) in [4.78, 5) is 38.1. The number of esters is 1. The molecule has 1 N–H and O–H groups in total. The van der Waals surface area contributed by atoms with E-state index in [4.69, 9.17) is 9.47 Å². The van der Waals surface area contributed by atoms with Gasteiger partial charge in [0.25, 0.3) is 5.91 Å². The quantitative estimate of drug-likeness (QED) is 0.628. The first-order valence-electron chi connectivity index (χ1n) is 8.99. The van der Waals surface area contributed by atoms with Crippen molar-refractivity contribution in [1.82, 2.24) is 10.2 Å². The molecule has 1 heterocycles. The third kappa shape index (κ3) is 3.61. The highest BCUT2D eigenvalue weighted by atomic mass is 19.1. The number of rotatable bonds is 5. The van der Waals surface area contributed by atoms with Crippen LogP contribution in [0.4, 0.5) is 9.18 Å². The van der Waals surface area contributed by atoms with Gasteiger partial charge in [-0.15, -0.1) is 0 Å². The number of hydrogen-bond donors (Lipinski definition) is 1. The van der Waals surface area contributed by atoms with Gasteiger partial charge in [0.05, 0.1) is 7.11 Å². The zero-order valence-electron chi connectivity index (χ0n) is 15.4. The van der Waals surface area contributed by atoms with Crippen LogP contribution in [0.25, 0.3) is 0 Å². The van der Waals surface area contributed by atoms with Gasteiger partial charge in [0.15, 0.2) is 11.6 Å². The van der Waals surface area contributed by atoms with Gasteiger partial charge in [-0.3, -0.25) is 14.5 Å². The first kappa shape index (κ1) is 19.1. The molecule has 27 heavy (non-hydrogen) atoms. The molecule has 1 aliphatic heterocycles. The predicted octanol–water partition coefficient (Wildman–Crippen LogP) is 2.38. The summed E-state index contributed by atoms with van der Waals surface area (Å²) in [5, 5.41) is 2.78. The molecule has 1 saturated heterocycles. The van der Waals surface area contributed by atoms with E-state index < -0.39 is 29.9 Å². The van der Waals surface area contributed by atoms with Crippen LogP contribution in [-0.2, 0) is 20.9 Å². The van der Waals surface area contributed by atoms with Gasteiger partial charge in [-0.25, -0.2) is 9.18 Å². The fraction of sp³-hybridized carbons (Fsp3) is 0.526. The second-order valence-corrected chi connectivity index (χ2v) is 7.07. The summed E-state index contributed by atoms with van der Waals surface area (Å²) in [5.74, 6) is -1.54. The highest BCUT2D eigenvalue weighted by Gasteiger charge is 2.55. The third-order valence-electron chi connectivity index (χ3n) is 5.40. The van der Waals surface area contributed by atoms with Crippen LogP contribution >= 0.6 is 0 Å². The molecular weight excluding hydrogens is 355 g/mol. The van der Waals surface area contributed by atoms with Crippen LogP contribution in [0.5, 0.6) is 5.75 Å². The van der Waals surface area contributed by atoms with Crippen molar-refractivity contribution in [2.24, 2.45) is 5.92 Å². The number of benzene rings is 1. The lowest BCUT2D eigenvalue weighted by molar-refractivity contribution is -0.149. The molecule has 0 radical (unpaired) electrons. The van der Waals surface area contributed by atoms with Crippen molar-refractivity contribution in [2.75, 3.05) is 13.7 Å². The standard InChI is InChI=1S/C19H23FN2O5/c1-12-5-3-4-8-19(12)17(24)22(18(25)21-19)10-16(23)27-11-13-6-7-15(26-2)14(20)9-13/h6-7,9,12H,3-5,8,10-11H2,1-2H3,(H,21,25)/t12-,19+/m1/s1. The Labute approximate surface area is 156 Å². The molecule has 3 rings (SSSR count). The monoisotopic (exact) mass is 378 g/mol. The highest BCUT2D eigenvalue weighted by Crippen LogP contribution is 2.38. The van der Waals surface area contributed by atoms with Crippen LogP contribution < -0.4 is 10.1 Å². The van der Waals surface area contributed by atoms with Crippen LogP contribution in [0.15, 0.2) is 18.2 Å². The van der Waals surface area contributed by atoms with Gasteiger partial charge in [0.1, 0.15) is 18.7 Å². The Morgan fingerprint density at radius 1 is 1.37 bits per heavy atom. The molecule has 3 amide bonds. The molecule has 0 aromatic heterocycles. The molecule has 0 bridgehead atoms. The van der Waals surface area contributed by atoms with Gasteiger partial charge in [0, 0.05) is 0 Å². The number of imide groups is 1. The van der Waals surface area contributed by atoms with Gasteiger partial charge in [0.2, 0.25) is 0 Å². The van der Waals surface area contributed by atoms with E-state index >= 15 is 0 Å². The molecule has 1 aromatic rings. The molecular formula is C19H23FN2O5. The van der Waals surface area contributed by atoms with Crippen molar-refractivity contribution in [2.45, 2.75) is 44.8 Å². The molecule has 1 aliphatic carbocycles. The lowest BCUT2D eigenvalue weighted by Crippen LogP contribution is -2.54. The number of methoxy groups -OCH3 is 1. The molecule has 2 fully saturated rings. The minimum Gasteiger partial charge on any atom is -0.494 e. The van der Waals surface area contributed by atoms with Crippen LogP contribution in [0.2, 0.25) is 0 Å². The van der Waals surface area contributed by atoms with E-state index in [0.29, 0.717) is 12.0 Å². The predicted molar refractivity (Wildman–Crippen MR) is 93.4 cm³/mol. The second kappa shape index (κ2) is 7.54. The molecule has 7 nitrogen and oxygen atoms in total. The molecule has 1 spiro atoms. The number of urea groups is 1. The van der Waals surface area contributed by atoms with Crippen molar-refractivity contribution in [3.8, 4) is 5.75 Å². The smallest absolute Gasteiger partial charge is 0.326 e. The van der Waals surface area contributed by atoms with E-state index in [1.807, 2.05) is 6.92 Å². The van der Waals surface area contributed by atoms with Crippen molar-refractivity contribution in [3.63, 3.8) is 0 Å². The summed E-state index contributed by atoms with van der Waals surface area (Å²) in [6.45, 7) is 1.32. The normalized spacial score (nSPS) is 24.9. The summed E-state index contributed by atoms with van der Waals surface area (Å²) in [5.41, 5.74) is -0.467. The average Bonchev–Trinajstić information content (AvgIpc) is 2.87. The Kier molecular flexibility index (Phi) is 5.34. The van der Waals surface area contributed by atoms with Crippen LogP contribution in [0.3, 0.4) is 0 Å². The first-order chi connectivity index (χ1) is 12.9. The van der Waals surface area contributed by atoms with Crippen molar-refractivity contribution >= 4 is 17.9 Å². The second-order valence-electron chi connectivity index (χ2n) is 7.07. The summed E-state index contributed by atoms with van der Waals surface area (Å²) >= 11 is 0. The number of carbonyl (C=O) groups excluding carboxylic acids is 3. The van der Waals surface area contributed by atoms with Crippen molar-refractivity contribution in [3.05, 3.63) is 29.6 Å². The Hall–Kier alpha value is -2.64. The summed E-state index contributed by atoms with van der Waals surface area (Å²) < 4.78 is 23.6. The maximum absolute atomic E-state index is 13.7. The molecule has 2 aliphatic rings. The van der Waals surface area contributed by atoms with E-state index in [1.165, 1.54) is 19.2 Å². The van der Waals surface area contributed by atoms with Crippen molar-refractivity contribution < 1.29 is 28.2 Å². The van der Waals surface area contributed by atoms with Gasteiger partial charge < -0.3 is 14.8 Å². The summed E-state index contributed by atoms with van der Waals surface area (Å²) in [6.07, 6.45) is 3.31. The van der Waals surface area contributed by atoms with Crippen LogP contribution in [-0.4, -0.2) is 42.0 Å².